The molecule has 8 heteroatoms. The normalized spacial score (nSPS) is 24.5. The van der Waals surface area contributed by atoms with Crippen LogP contribution in [0.5, 0.6) is 11.5 Å². The highest BCUT2D eigenvalue weighted by Crippen LogP contribution is 2.37. The summed E-state index contributed by atoms with van der Waals surface area (Å²) in [6, 6.07) is 7.54. The van der Waals surface area contributed by atoms with Gasteiger partial charge in [0.05, 0.1) is 6.07 Å². The van der Waals surface area contributed by atoms with Gasteiger partial charge in [0, 0.05) is 32.6 Å². The zero-order chi connectivity index (χ0) is 20.3. The van der Waals surface area contributed by atoms with Crippen molar-refractivity contribution in [2.45, 2.75) is 52.1 Å². The van der Waals surface area contributed by atoms with Crippen molar-refractivity contribution in [2.24, 2.45) is 11.8 Å². The van der Waals surface area contributed by atoms with Gasteiger partial charge in [0.1, 0.15) is 0 Å². The van der Waals surface area contributed by atoms with Crippen LogP contribution >= 0.6 is 0 Å². The largest absolute Gasteiger partial charge is 0.454 e. The Morgan fingerprint density at radius 1 is 1.21 bits per heavy atom. The maximum Gasteiger partial charge on any atom is 0.282 e. The van der Waals surface area contributed by atoms with E-state index >= 15 is 0 Å². The van der Waals surface area contributed by atoms with Gasteiger partial charge in [0.2, 0.25) is 6.79 Å². The lowest BCUT2D eigenvalue weighted by Gasteiger charge is -2.42. The molecule has 1 aromatic carbocycles. The highest BCUT2D eigenvalue weighted by atomic mass is 32.2. The van der Waals surface area contributed by atoms with Crippen molar-refractivity contribution < 1.29 is 17.9 Å². The van der Waals surface area contributed by atoms with Crippen molar-refractivity contribution in [3.8, 4) is 17.6 Å². The minimum atomic E-state index is -3.70. The Balaban J connectivity index is 1.91. The zero-order valence-electron chi connectivity index (χ0n) is 16.8. The van der Waals surface area contributed by atoms with Crippen LogP contribution in [0.3, 0.4) is 0 Å². The van der Waals surface area contributed by atoms with E-state index < -0.39 is 10.2 Å². The molecule has 1 heterocycles. The fourth-order valence-electron chi connectivity index (χ4n) is 4.05. The monoisotopic (exact) mass is 407 g/mol. The lowest BCUT2D eigenvalue weighted by Crippen LogP contribution is -2.51. The van der Waals surface area contributed by atoms with Crippen molar-refractivity contribution >= 4 is 10.2 Å². The Bertz CT molecular complexity index is 836. The van der Waals surface area contributed by atoms with E-state index in [9.17, 15) is 8.42 Å². The van der Waals surface area contributed by atoms with Crippen molar-refractivity contribution in [3.63, 3.8) is 0 Å². The van der Waals surface area contributed by atoms with E-state index in [4.69, 9.17) is 14.7 Å². The minimum Gasteiger partial charge on any atom is -0.454 e. The van der Waals surface area contributed by atoms with Crippen LogP contribution in [0.25, 0.3) is 0 Å². The third-order valence-electron chi connectivity index (χ3n) is 6.04. The predicted octanol–water partition coefficient (Wildman–Crippen LogP) is 3.13. The molecule has 1 saturated carbocycles. The highest BCUT2D eigenvalue weighted by Gasteiger charge is 2.39. The highest BCUT2D eigenvalue weighted by molar-refractivity contribution is 7.86. The van der Waals surface area contributed by atoms with Crippen LogP contribution in [0.2, 0.25) is 0 Å². The van der Waals surface area contributed by atoms with Gasteiger partial charge in [0.15, 0.2) is 11.5 Å². The summed E-state index contributed by atoms with van der Waals surface area (Å²) in [5.41, 5.74) is 0.868. The topological polar surface area (TPSA) is 82.9 Å². The van der Waals surface area contributed by atoms with Crippen molar-refractivity contribution in [1.29, 1.82) is 5.26 Å². The van der Waals surface area contributed by atoms with Crippen LogP contribution in [0, 0.1) is 23.2 Å². The SMILES string of the molecule is CC1CCCC(N(Cc2ccc3c(c2)OCO3)S(=O)(=O)N(C)CCC#N)C1C. The molecule has 0 bridgehead atoms. The number of nitriles is 1. The number of rotatable bonds is 7. The summed E-state index contributed by atoms with van der Waals surface area (Å²) in [6.07, 6.45) is 3.16. The quantitative estimate of drug-likeness (QED) is 0.693. The minimum absolute atomic E-state index is 0.0660. The molecule has 1 aromatic rings. The molecule has 1 aliphatic carbocycles. The van der Waals surface area contributed by atoms with E-state index in [1.54, 1.807) is 11.4 Å². The van der Waals surface area contributed by atoms with Gasteiger partial charge in [-0.2, -0.15) is 22.3 Å². The van der Waals surface area contributed by atoms with Gasteiger partial charge in [-0.15, -0.1) is 0 Å². The Kier molecular flexibility index (Phi) is 6.48. The van der Waals surface area contributed by atoms with Crippen molar-refractivity contribution in [3.05, 3.63) is 23.8 Å². The van der Waals surface area contributed by atoms with Crippen molar-refractivity contribution in [2.75, 3.05) is 20.4 Å². The summed E-state index contributed by atoms with van der Waals surface area (Å²) in [6.45, 7) is 4.99. The van der Waals surface area contributed by atoms with Gasteiger partial charge in [-0.3, -0.25) is 0 Å². The molecule has 0 N–H and O–H groups in total. The Labute approximate surface area is 168 Å². The third-order valence-corrected chi connectivity index (χ3v) is 8.00. The van der Waals surface area contributed by atoms with Crippen LogP contribution in [0.1, 0.15) is 45.1 Å². The average Bonchev–Trinajstić information content (AvgIpc) is 3.14. The van der Waals surface area contributed by atoms with E-state index in [1.165, 1.54) is 4.31 Å². The molecule has 1 fully saturated rings. The molecule has 0 radical (unpaired) electrons. The van der Waals surface area contributed by atoms with Gasteiger partial charge >= 0.3 is 0 Å². The first-order valence-corrected chi connectivity index (χ1v) is 11.2. The lowest BCUT2D eigenvalue weighted by atomic mass is 9.78. The van der Waals surface area contributed by atoms with E-state index in [2.05, 4.69) is 13.8 Å². The van der Waals surface area contributed by atoms with Crippen LogP contribution in [0.15, 0.2) is 18.2 Å². The molecule has 0 spiro atoms. The molecule has 3 atom stereocenters. The van der Waals surface area contributed by atoms with Gasteiger partial charge in [0.25, 0.3) is 10.2 Å². The Morgan fingerprint density at radius 2 is 1.96 bits per heavy atom. The summed E-state index contributed by atoms with van der Waals surface area (Å²) in [5.74, 6) is 2.07. The maximum absolute atomic E-state index is 13.4. The van der Waals surface area contributed by atoms with Gasteiger partial charge < -0.3 is 9.47 Å². The molecule has 2 aliphatic rings. The number of hydrogen-bond donors (Lipinski definition) is 0. The molecule has 7 nitrogen and oxygen atoms in total. The fourth-order valence-corrected chi connectivity index (χ4v) is 5.68. The molecular weight excluding hydrogens is 378 g/mol. The van der Waals surface area contributed by atoms with E-state index in [1.807, 2.05) is 24.3 Å². The van der Waals surface area contributed by atoms with E-state index in [-0.39, 0.29) is 38.3 Å². The van der Waals surface area contributed by atoms with Crippen molar-refractivity contribution in [1.82, 2.24) is 8.61 Å². The molecule has 3 rings (SSSR count). The number of hydrogen-bond acceptors (Lipinski definition) is 5. The molecule has 0 aromatic heterocycles. The summed E-state index contributed by atoms with van der Waals surface area (Å²) in [4.78, 5) is 0. The van der Waals surface area contributed by atoms with Gasteiger partial charge in [-0.05, 0) is 36.0 Å². The molecular formula is C20H29N3O4S. The molecule has 0 amide bonds. The average molecular weight is 408 g/mol. The molecule has 28 heavy (non-hydrogen) atoms. The Hall–Kier alpha value is -1.82. The third kappa shape index (κ3) is 4.27. The summed E-state index contributed by atoms with van der Waals surface area (Å²) in [5, 5.41) is 8.86. The number of ether oxygens (including phenoxy) is 2. The molecule has 3 unspecified atom stereocenters. The fraction of sp³-hybridized carbons (Fsp3) is 0.650. The molecule has 0 saturated heterocycles. The first kappa shape index (κ1) is 20.9. The number of fused-ring (bicyclic) bond motifs is 1. The van der Waals surface area contributed by atoms with Crippen LogP contribution in [0.4, 0.5) is 0 Å². The second-order valence-corrected chi connectivity index (χ2v) is 9.79. The van der Waals surface area contributed by atoms with Crippen LogP contribution in [-0.4, -0.2) is 43.5 Å². The first-order valence-electron chi connectivity index (χ1n) is 9.83. The van der Waals surface area contributed by atoms with Gasteiger partial charge in [-0.1, -0.05) is 32.8 Å². The molecule has 1 aliphatic heterocycles. The second kappa shape index (κ2) is 8.68. The number of nitrogens with zero attached hydrogens (tertiary/aromatic N) is 3. The second-order valence-electron chi connectivity index (χ2n) is 7.80. The smallest absolute Gasteiger partial charge is 0.282 e. The summed E-state index contributed by atoms with van der Waals surface area (Å²) >= 11 is 0. The predicted molar refractivity (Wildman–Crippen MR) is 106 cm³/mol. The Morgan fingerprint density at radius 3 is 2.71 bits per heavy atom. The van der Waals surface area contributed by atoms with Gasteiger partial charge in [-0.25, -0.2) is 0 Å². The lowest BCUT2D eigenvalue weighted by molar-refractivity contribution is 0.133. The summed E-state index contributed by atoms with van der Waals surface area (Å²) < 4.78 is 40.6. The summed E-state index contributed by atoms with van der Waals surface area (Å²) in [7, 11) is -2.15. The number of benzene rings is 1. The zero-order valence-corrected chi connectivity index (χ0v) is 17.6. The van der Waals surface area contributed by atoms with E-state index in [0.717, 1.165) is 24.8 Å². The van der Waals surface area contributed by atoms with E-state index in [0.29, 0.717) is 17.4 Å². The molecule has 154 valence electrons. The first-order chi connectivity index (χ1) is 13.3. The maximum atomic E-state index is 13.4. The van der Waals surface area contributed by atoms with Crippen LogP contribution in [-0.2, 0) is 16.8 Å². The van der Waals surface area contributed by atoms with Crippen LogP contribution < -0.4 is 9.47 Å². The standard InChI is InChI=1S/C20H29N3O4S/c1-15-6-4-7-18(16(15)2)23(28(24,25)22(3)11-5-10-21)13-17-8-9-19-20(12-17)27-14-26-19/h8-9,12,15-16,18H,4-7,11,13-14H2,1-3H3.